The molecule has 0 aromatic carbocycles. The summed E-state index contributed by atoms with van der Waals surface area (Å²) in [5.74, 6) is -0.323. The van der Waals surface area contributed by atoms with Crippen molar-refractivity contribution in [3.05, 3.63) is 24.0 Å². The maximum Gasteiger partial charge on any atom is 0.255 e. The largest absolute Gasteiger partial charge is 0.481 e. The Morgan fingerprint density at radius 1 is 1.77 bits per heavy atom. The summed E-state index contributed by atoms with van der Waals surface area (Å²) >= 11 is 0. The summed E-state index contributed by atoms with van der Waals surface area (Å²) in [5, 5.41) is 8.57. The minimum atomic E-state index is -0.590. The summed E-state index contributed by atoms with van der Waals surface area (Å²) in [4.78, 5) is 14.1. The number of carbonyl (C=O) groups is 1. The van der Waals surface area contributed by atoms with Crippen LogP contribution in [0.3, 0.4) is 0 Å². The first-order valence-electron chi connectivity index (χ1n) is 3.50. The molecule has 66 valence electrons. The van der Waals surface area contributed by atoms with Gasteiger partial charge in [0, 0.05) is 6.20 Å². The average Bonchev–Trinajstić information content (AvgIpc) is 2.15. The first-order valence-corrected chi connectivity index (χ1v) is 3.50. The maximum absolute atomic E-state index is 10.4. The van der Waals surface area contributed by atoms with Crippen LogP contribution in [-0.4, -0.2) is 17.5 Å². The van der Waals surface area contributed by atoms with Crippen molar-refractivity contribution in [2.75, 3.05) is 6.61 Å². The molecule has 1 aromatic heterocycles. The number of nitrogens with two attached hydrogens (primary N) is 1. The Balaban J connectivity index is 2.77. The Bertz CT molecular complexity index is 357. The van der Waals surface area contributed by atoms with Crippen molar-refractivity contribution in [3.63, 3.8) is 0 Å². The number of nitriles is 1. The minimum absolute atomic E-state index is 0.142. The quantitative estimate of drug-likeness (QED) is 0.693. The number of nitrogens with zero attached hydrogens (tertiary/aromatic N) is 2. The van der Waals surface area contributed by atoms with E-state index in [4.69, 9.17) is 15.7 Å². The molecular weight excluding hydrogens is 170 g/mol. The number of hydrogen-bond acceptors (Lipinski definition) is 4. The molecule has 0 spiro atoms. The van der Waals surface area contributed by atoms with Crippen LogP contribution in [0.4, 0.5) is 0 Å². The lowest BCUT2D eigenvalue weighted by atomic mass is 10.3. The van der Waals surface area contributed by atoms with Crippen LogP contribution in [0.15, 0.2) is 18.3 Å². The summed E-state index contributed by atoms with van der Waals surface area (Å²) in [6.07, 6.45) is 1.47. The zero-order valence-electron chi connectivity index (χ0n) is 6.73. The summed E-state index contributed by atoms with van der Waals surface area (Å²) < 4.78 is 4.93. The van der Waals surface area contributed by atoms with Crippen LogP contribution in [0.25, 0.3) is 0 Å². The number of rotatable bonds is 3. The second-order valence-corrected chi connectivity index (χ2v) is 2.22. The highest BCUT2D eigenvalue weighted by Crippen LogP contribution is 2.13. The smallest absolute Gasteiger partial charge is 0.255 e. The third kappa shape index (κ3) is 2.45. The van der Waals surface area contributed by atoms with Crippen LogP contribution in [-0.2, 0) is 4.79 Å². The van der Waals surface area contributed by atoms with E-state index in [-0.39, 0.29) is 18.1 Å². The molecule has 5 nitrogen and oxygen atoms in total. The van der Waals surface area contributed by atoms with Gasteiger partial charge in [-0.2, -0.15) is 5.26 Å². The fourth-order valence-electron chi connectivity index (χ4n) is 0.740. The van der Waals surface area contributed by atoms with Gasteiger partial charge in [0.1, 0.15) is 6.07 Å². The van der Waals surface area contributed by atoms with E-state index >= 15 is 0 Å². The van der Waals surface area contributed by atoms with Gasteiger partial charge >= 0.3 is 0 Å². The van der Waals surface area contributed by atoms with E-state index in [1.807, 2.05) is 6.07 Å². The number of ether oxygens (including phenoxy) is 1. The van der Waals surface area contributed by atoms with Crippen LogP contribution in [0.5, 0.6) is 5.75 Å². The topological polar surface area (TPSA) is 89.0 Å². The molecule has 2 N–H and O–H groups in total. The second-order valence-electron chi connectivity index (χ2n) is 2.22. The maximum atomic E-state index is 10.4. The zero-order valence-corrected chi connectivity index (χ0v) is 6.73. The summed E-state index contributed by atoms with van der Waals surface area (Å²) in [7, 11) is 0. The van der Waals surface area contributed by atoms with Crippen LogP contribution in [0.2, 0.25) is 0 Å². The lowest BCUT2D eigenvalue weighted by Crippen LogP contribution is -2.20. The van der Waals surface area contributed by atoms with Crippen LogP contribution in [0.1, 0.15) is 5.69 Å². The molecule has 5 heteroatoms. The van der Waals surface area contributed by atoms with Crippen LogP contribution in [0, 0.1) is 11.3 Å². The number of primary amides is 1. The Hall–Kier alpha value is -2.09. The first-order chi connectivity index (χ1) is 6.24. The third-order valence-electron chi connectivity index (χ3n) is 1.25. The highest BCUT2D eigenvalue weighted by molar-refractivity contribution is 5.75. The standard InChI is InChI=1S/C8H7N3O2/c9-4-6-7(2-1-3-11-6)13-5-8(10)12/h1-3H,5H2,(H2,10,12). The van der Waals surface area contributed by atoms with Crippen molar-refractivity contribution in [3.8, 4) is 11.8 Å². The minimum Gasteiger partial charge on any atom is -0.481 e. The number of pyridine rings is 1. The highest BCUT2D eigenvalue weighted by Gasteiger charge is 2.03. The molecule has 1 rings (SSSR count). The highest BCUT2D eigenvalue weighted by atomic mass is 16.5. The molecule has 0 fully saturated rings. The van der Waals surface area contributed by atoms with Gasteiger partial charge in [0.05, 0.1) is 0 Å². The summed E-state index contributed by atoms with van der Waals surface area (Å²) in [6, 6.07) is 4.99. The van der Waals surface area contributed by atoms with Gasteiger partial charge in [-0.1, -0.05) is 0 Å². The van der Waals surface area contributed by atoms with Crippen molar-refractivity contribution in [1.29, 1.82) is 5.26 Å². The van der Waals surface area contributed by atoms with E-state index in [0.717, 1.165) is 0 Å². The van der Waals surface area contributed by atoms with Crippen molar-refractivity contribution in [1.82, 2.24) is 4.98 Å². The Morgan fingerprint density at radius 3 is 3.15 bits per heavy atom. The van der Waals surface area contributed by atoms with Gasteiger partial charge in [0.25, 0.3) is 5.91 Å². The predicted molar refractivity (Wildman–Crippen MR) is 43.6 cm³/mol. The third-order valence-corrected chi connectivity index (χ3v) is 1.25. The Morgan fingerprint density at radius 2 is 2.54 bits per heavy atom. The molecule has 0 bridgehead atoms. The second kappa shape index (κ2) is 4.07. The van der Waals surface area contributed by atoms with Crippen molar-refractivity contribution in [2.45, 2.75) is 0 Å². The fourth-order valence-corrected chi connectivity index (χ4v) is 0.740. The van der Waals surface area contributed by atoms with Gasteiger partial charge in [-0.3, -0.25) is 4.79 Å². The van der Waals surface area contributed by atoms with Crippen molar-refractivity contribution >= 4 is 5.91 Å². The first kappa shape index (κ1) is 9.00. The van der Waals surface area contributed by atoms with E-state index in [9.17, 15) is 4.79 Å². The molecule has 1 aromatic rings. The molecular formula is C8H7N3O2. The Labute approximate surface area is 74.8 Å². The van der Waals surface area contributed by atoms with Crippen LogP contribution < -0.4 is 10.5 Å². The van der Waals surface area contributed by atoms with Gasteiger partial charge < -0.3 is 10.5 Å². The van der Waals surface area contributed by atoms with Crippen molar-refractivity contribution < 1.29 is 9.53 Å². The molecule has 1 amide bonds. The number of carbonyl (C=O) groups excluding carboxylic acids is 1. The van der Waals surface area contributed by atoms with Crippen molar-refractivity contribution in [2.24, 2.45) is 5.73 Å². The van der Waals surface area contributed by atoms with E-state index in [0.29, 0.717) is 0 Å². The van der Waals surface area contributed by atoms with Gasteiger partial charge in [0.2, 0.25) is 0 Å². The van der Waals surface area contributed by atoms with E-state index in [1.165, 1.54) is 6.20 Å². The molecule has 0 aliphatic heterocycles. The zero-order chi connectivity index (χ0) is 9.68. The Kier molecular flexibility index (Phi) is 2.82. The average molecular weight is 177 g/mol. The number of amides is 1. The number of hydrogen-bond donors (Lipinski definition) is 1. The predicted octanol–water partition coefficient (Wildman–Crippen LogP) is -0.183. The molecule has 0 radical (unpaired) electrons. The molecule has 13 heavy (non-hydrogen) atoms. The van der Waals surface area contributed by atoms with Gasteiger partial charge in [-0.25, -0.2) is 4.98 Å². The molecule has 0 aliphatic carbocycles. The van der Waals surface area contributed by atoms with Gasteiger partial charge in [-0.05, 0) is 12.1 Å². The SMILES string of the molecule is N#Cc1ncccc1OCC(N)=O. The summed E-state index contributed by atoms with van der Waals surface area (Å²) in [5.41, 5.74) is 5.01. The van der Waals surface area contributed by atoms with E-state index in [1.54, 1.807) is 12.1 Å². The normalized spacial score (nSPS) is 8.85. The molecule has 0 unspecified atom stereocenters. The lowest BCUT2D eigenvalue weighted by Gasteiger charge is -2.03. The van der Waals surface area contributed by atoms with E-state index in [2.05, 4.69) is 4.98 Å². The molecule has 0 aliphatic rings. The monoisotopic (exact) mass is 177 g/mol. The van der Waals surface area contributed by atoms with Crippen LogP contribution >= 0.6 is 0 Å². The fraction of sp³-hybridized carbons (Fsp3) is 0.125. The summed E-state index contributed by atoms with van der Waals surface area (Å²) in [6.45, 7) is -0.250. The molecule has 0 saturated heterocycles. The van der Waals surface area contributed by atoms with Gasteiger partial charge in [-0.15, -0.1) is 0 Å². The molecule has 1 heterocycles. The van der Waals surface area contributed by atoms with E-state index < -0.39 is 5.91 Å². The molecule has 0 saturated carbocycles. The lowest BCUT2D eigenvalue weighted by molar-refractivity contribution is -0.119. The molecule has 0 atom stereocenters. The van der Waals surface area contributed by atoms with Gasteiger partial charge in [0.15, 0.2) is 18.1 Å². The number of aromatic nitrogens is 1.